The molecule has 2 N–H and O–H groups in total. The predicted octanol–water partition coefficient (Wildman–Crippen LogP) is 3.97. The van der Waals surface area contributed by atoms with Crippen LogP contribution in [0.4, 0.5) is 0 Å². The highest BCUT2D eigenvalue weighted by Gasteiger charge is 2.12. The Kier molecular flexibility index (Phi) is 7.23. The third-order valence-corrected chi connectivity index (χ3v) is 4.87. The lowest BCUT2D eigenvalue weighted by atomic mass is 10.1. The molecular weight excluding hydrogens is 284 g/mol. The third kappa shape index (κ3) is 6.14. The summed E-state index contributed by atoms with van der Waals surface area (Å²) in [5, 5.41) is 7.61. The molecule has 0 spiro atoms. The molecule has 1 aromatic rings. The Bertz CT molecular complexity index is 387. The topological polar surface area (TPSA) is 24.1 Å². The summed E-state index contributed by atoms with van der Waals surface area (Å²) in [5.74, 6) is 1.04. The van der Waals surface area contributed by atoms with Crippen LogP contribution in [-0.4, -0.2) is 23.5 Å². The maximum Gasteiger partial charge on any atom is 0.166 e. The van der Waals surface area contributed by atoms with E-state index in [1.54, 1.807) is 0 Å². The summed E-state index contributed by atoms with van der Waals surface area (Å²) in [6.45, 7) is 0.915. The molecule has 2 rings (SSSR count). The molecule has 110 valence electrons. The van der Waals surface area contributed by atoms with Crippen molar-refractivity contribution in [3.8, 4) is 0 Å². The van der Waals surface area contributed by atoms with Crippen molar-refractivity contribution in [3.63, 3.8) is 0 Å². The molecule has 0 heterocycles. The summed E-state index contributed by atoms with van der Waals surface area (Å²) in [7, 11) is 0. The van der Waals surface area contributed by atoms with Crippen molar-refractivity contribution in [2.45, 2.75) is 49.5 Å². The number of hydrogen-bond donors (Lipinski definition) is 2. The minimum atomic E-state index is 0.583. The van der Waals surface area contributed by atoms with Gasteiger partial charge >= 0.3 is 0 Å². The number of hydrogen-bond acceptors (Lipinski definition) is 2. The van der Waals surface area contributed by atoms with E-state index in [4.69, 9.17) is 12.2 Å². The first-order valence-corrected chi connectivity index (χ1v) is 8.96. The fourth-order valence-corrected chi connectivity index (χ4v) is 3.57. The molecule has 0 atom stereocenters. The van der Waals surface area contributed by atoms with Gasteiger partial charge in [-0.2, -0.15) is 0 Å². The molecule has 20 heavy (non-hydrogen) atoms. The number of nitrogens with one attached hydrogen (secondary N) is 2. The van der Waals surface area contributed by atoms with Gasteiger partial charge in [0.05, 0.1) is 0 Å². The Morgan fingerprint density at radius 1 is 1.10 bits per heavy atom. The van der Waals surface area contributed by atoms with E-state index in [1.807, 2.05) is 17.8 Å². The molecule has 4 heteroatoms. The zero-order chi connectivity index (χ0) is 14.0. The lowest BCUT2D eigenvalue weighted by molar-refractivity contribution is 0.529. The van der Waals surface area contributed by atoms with E-state index in [-0.39, 0.29) is 0 Å². The van der Waals surface area contributed by atoms with Crippen LogP contribution in [0.25, 0.3) is 0 Å². The maximum atomic E-state index is 5.38. The van der Waals surface area contributed by atoms with Gasteiger partial charge in [0.1, 0.15) is 0 Å². The Labute approximate surface area is 132 Å². The van der Waals surface area contributed by atoms with Crippen molar-refractivity contribution in [2.24, 2.45) is 0 Å². The molecule has 1 aliphatic rings. The van der Waals surface area contributed by atoms with Crippen LogP contribution in [0.1, 0.15) is 38.5 Å². The molecule has 1 fully saturated rings. The molecule has 1 saturated carbocycles. The van der Waals surface area contributed by atoms with Gasteiger partial charge in [0.2, 0.25) is 0 Å². The standard InChI is InChI=1S/C16H24N2S2/c19-16(18-14-8-4-1-2-5-9-14)17-12-13-20-15-10-6-3-7-11-15/h3,6-7,10-11,14H,1-2,4-5,8-9,12-13H2,(H2,17,18,19). The molecule has 0 amide bonds. The van der Waals surface area contributed by atoms with Crippen molar-refractivity contribution in [2.75, 3.05) is 12.3 Å². The monoisotopic (exact) mass is 308 g/mol. The summed E-state index contributed by atoms with van der Waals surface area (Å²) >= 11 is 7.24. The van der Waals surface area contributed by atoms with Gasteiger partial charge in [-0.1, -0.05) is 43.9 Å². The second-order valence-electron chi connectivity index (χ2n) is 5.25. The molecule has 0 unspecified atom stereocenters. The van der Waals surface area contributed by atoms with Gasteiger partial charge in [-0.25, -0.2) is 0 Å². The Hall–Kier alpha value is -0.740. The quantitative estimate of drug-likeness (QED) is 0.372. The van der Waals surface area contributed by atoms with Crippen LogP contribution in [0, 0.1) is 0 Å². The van der Waals surface area contributed by atoms with Crippen molar-refractivity contribution in [1.82, 2.24) is 10.6 Å². The number of thioether (sulfide) groups is 1. The minimum Gasteiger partial charge on any atom is -0.362 e. The second-order valence-corrected chi connectivity index (χ2v) is 6.83. The van der Waals surface area contributed by atoms with Crippen LogP contribution in [0.15, 0.2) is 35.2 Å². The summed E-state index contributed by atoms with van der Waals surface area (Å²) in [5.41, 5.74) is 0. The normalized spacial score (nSPS) is 16.4. The number of benzene rings is 1. The van der Waals surface area contributed by atoms with E-state index in [0.29, 0.717) is 6.04 Å². The van der Waals surface area contributed by atoms with Gasteiger partial charge in [0.15, 0.2) is 5.11 Å². The first-order chi connectivity index (χ1) is 9.84. The van der Waals surface area contributed by atoms with E-state index in [2.05, 4.69) is 34.9 Å². The van der Waals surface area contributed by atoms with Gasteiger partial charge in [0, 0.05) is 23.2 Å². The summed E-state index contributed by atoms with van der Waals surface area (Å²) in [6, 6.07) is 11.1. The molecule has 1 aliphatic carbocycles. The maximum absolute atomic E-state index is 5.38. The number of rotatable bonds is 5. The van der Waals surface area contributed by atoms with Crippen LogP contribution in [0.3, 0.4) is 0 Å². The molecule has 0 bridgehead atoms. The van der Waals surface area contributed by atoms with Gasteiger partial charge in [-0.3, -0.25) is 0 Å². The molecule has 1 aromatic carbocycles. The minimum absolute atomic E-state index is 0.583. The van der Waals surface area contributed by atoms with E-state index < -0.39 is 0 Å². The van der Waals surface area contributed by atoms with Gasteiger partial charge in [-0.15, -0.1) is 11.8 Å². The lowest BCUT2D eigenvalue weighted by Gasteiger charge is -2.18. The van der Waals surface area contributed by atoms with E-state index in [0.717, 1.165) is 17.4 Å². The smallest absolute Gasteiger partial charge is 0.166 e. The largest absolute Gasteiger partial charge is 0.362 e. The van der Waals surface area contributed by atoms with E-state index >= 15 is 0 Å². The van der Waals surface area contributed by atoms with Crippen molar-refractivity contribution < 1.29 is 0 Å². The molecule has 2 nitrogen and oxygen atoms in total. The fourth-order valence-electron chi connectivity index (χ4n) is 2.51. The highest BCUT2D eigenvalue weighted by Crippen LogP contribution is 2.17. The summed E-state index contributed by atoms with van der Waals surface area (Å²) < 4.78 is 0. The predicted molar refractivity (Wildman–Crippen MR) is 92.4 cm³/mol. The van der Waals surface area contributed by atoms with E-state index in [9.17, 15) is 0 Å². The summed E-state index contributed by atoms with van der Waals surface area (Å²) in [4.78, 5) is 1.32. The van der Waals surface area contributed by atoms with Crippen LogP contribution in [0.2, 0.25) is 0 Å². The highest BCUT2D eigenvalue weighted by molar-refractivity contribution is 7.99. The molecule has 0 aliphatic heterocycles. The Morgan fingerprint density at radius 2 is 1.80 bits per heavy atom. The van der Waals surface area contributed by atoms with E-state index in [1.165, 1.54) is 43.4 Å². The zero-order valence-electron chi connectivity index (χ0n) is 11.9. The van der Waals surface area contributed by atoms with Crippen LogP contribution < -0.4 is 10.6 Å². The first-order valence-electron chi connectivity index (χ1n) is 7.57. The highest BCUT2D eigenvalue weighted by atomic mass is 32.2. The SMILES string of the molecule is S=C(NCCSc1ccccc1)NC1CCCCCC1. The van der Waals surface area contributed by atoms with Crippen molar-refractivity contribution in [3.05, 3.63) is 30.3 Å². The Morgan fingerprint density at radius 3 is 2.50 bits per heavy atom. The third-order valence-electron chi connectivity index (χ3n) is 3.59. The zero-order valence-corrected chi connectivity index (χ0v) is 13.6. The van der Waals surface area contributed by atoms with Gasteiger partial charge in [0.25, 0.3) is 0 Å². The molecule has 0 saturated heterocycles. The average Bonchev–Trinajstić information content (AvgIpc) is 2.73. The lowest BCUT2D eigenvalue weighted by Crippen LogP contribution is -2.42. The van der Waals surface area contributed by atoms with Crippen molar-refractivity contribution >= 4 is 29.1 Å². The molecule has 0 aromatic heterocycles. The Balaban J connectivity index is 1.58. The molecular formula is C16H24N2S2. The molecule has 0 radical (unpaired) electrons. The second kappa shape index (κ2) is 9.24. The van der Waals surface area contributed by atoms with Crippen LogP contribution in [0.5, 0.6) is 0 Å². The summed E-state index contributed by atoms with van der Waals surface area (Å²) in [6.07, 6.45) is 7.97. The average molecular weight is 309 g/mol. The van der Waals surface area contributed by atoms with Crippen molar-refractivity contribution in [1.29, 1.82) is 0 Å². The first kappa shape index (κ1) is 15.6. The van der Waals surface area contributed by atoms with Crippen LogP contribution in [-0.2, 0) is 0 Å². The van der Waals surface area contributed by atoms with Crippen LogP contribution >= 0.6 is 24.0 Å². The number of thiocarbonyl (C=S) groups is 1. The fraction of sp³-hybridized carbons (Fsp3) is 0.562. The van der Waals surface area contributed by atoms with Gasteiger partial charge < -0.3 is 10.6 Å². The van der Waals surface area contributed by atoms with Gasteiger partial charge in [-0.05, 0) is 37.2 Å².